The maximum Gasteiger partial charge on any atom is 0.248 e. The zero-order valence-corrected chi connectivity index (χ0v) is 27.5. The van der Waals surface area contributed by atoms with Crippen LogP contribution in [0.3, 0.4) is 0 Å². The molecule has 2 unspecified atom stereocenters. The van der Waals surface area contributed by atoms with E-state index in [4.69, 9.17) is 4.74 Å². The minimum atomic E-state index is -1.13. The Labute approximate surface area is 269 Å². The molecule has 3 aliphatic heterocycles. The van der Waals surface area contributed by atoms with Crippen molar-refractivity contribution >= 4 is 17.7 Å². The molecule has 1 spiro atoms. The van der Waals surface area contributed by atoms with Gasteiger partial charge in [0.1, 0.15) is 11.6 Å². The molecule has 8 nitrogen and oxygen atoms in total. The van der Waals surface area contributed by atoms with Crippen LogP contribution in [0.5, 0.6) is 0 Å². The summed E-state index contributed by atoms with van der Waals surface area (Å²) >= 11 is 0. The van der Waals surface area contributed by atoms with Crippen molar-refractivity contribution in [3.8, 4) is 0 Å². The van der Waals surface area contributed by atoms with Crippen molar-refractivity contribution in [3.63, 3.8) is 0 Å². The van der Waals surface area contributed by atoms with Gasteiger partial charge in [-0.1, -0.05) is 82.5 Å². The summed E-state index contributed by atoms with van der Waals surface area (Å²) in [5.41, 5.74) is -0.969. The van der Waals surface area contributed by atoms with Crippen LogP contribution in [0, 0.1) is 17.8 Å². The highest BCUT2D eigenvalue weighted by Crippen LogP contribution is 2.65. The first kappa shape index (κ1) is 33.4. The normalized spacial score (nSPS) is 29.9. The molecule has 5 rings (SSSR count). The lowest BCUT2D eigenvalue weighted by molar-refractivity contribution is -0.159. The highest BCUT2D eigenvalue weighted by atomic mass is 16.5. The molecule has 2 bridgehead atoms. The molecule has 45 heavy (non-hydrogen) atoms. The Morgan fingerprint density at radius 3 is 2.36 bits per heavy atom. The number of hydrogen-bond acceptors (Lipinski definition) is 5. The Balaban J connectivity index is 1.59. The lowest BCUT2D eigenvalue weighted by atomic mass is 9.64. The Kier molecular flexibility index (Phi) is 10.2. The number of rotatable bonds is 14. The van der Waals surface area contributed by atoms with E-state index in [1.165, 1.54) is 0 Å². The summed E-state index contributed by atoms with van der Waals surface area (Å²) in [6.45, 7) is 14.9. The number of carbonyl (C=O) groups excluding carboxylic acids is 3. The molecular weight excluding hydrogens is 566 g/mol. The molecule has 0 radical (unpaired) electrons. The van der Waals surface area contributed by atoms with Crippen LogP contribution < -0.4 is 0 Å². The molecule has 1 saturated carbocycles. The molecule has 8 heteroatoms. The van der Waals surface area contributed by atoms with Crippen LogP contribution in [0.4, 0.5) is 0 Å². The second-order valence-corrected chi connectivity index (χ2v) is 14.1. The smallest absolute Gasteiger partial charge is 0.248 e. The van der Waals surface area contributed by atoms with Gasteiger partial charge in [0.05, 0.1) is 30.1 Å². The van der Waals surface area contributed by atoms with Gasteiger partial charge in [0.15, 0.2) is 0 Å². The average molecular weight is 620 g/mol. The van der Waals surface area contributed by atoms with Crippen molar-refractivity contribution in [1.82, 2.24) is 14.7 Å². The predicted molar refractivity (Wildman–Crippen MR) is 175 cm³/mol. The zero-order chi connectivity index (χ0) is 32.4. The van der Waals surface area contributed by atoms with Crippen molar-refractivity contribution in [2.24, 2.45) is 17.8 Å². The fraction of sp³-hybridized carbons (Fsp3) is 0.649. The first-order valence-electron chi connectivity index (χ1n) is 17.2. The quantitative estimate of drug-likeness (QED) is 0.293. The highest BCUT2D eigenvalue weighted by Gasteiger charge is 2.79. The van der Waals surface area contributed by atoms with Gasteiger partial charge in [-0.15, -0.1) is 13.2 Å². The minimum Gasteiger partial charge on any atom is -0.394 e. The Bertz CT molecular complexity index is 1250. The summed E-state index contributed by atoms with van der Waals surface area (Å²) in [4.78, 5) is 50.0. The maximum atomic E-state index is 15.0. The number of ether oxygens (including phenoxy) is 1. The molecule has 0 aromatic heterocycles. The maximum absolute atomic E-state index is 15.0. The van der Waals surface area contributed by atoms with Gasteiger partial charge in [-0.2, -0.15) is 0 Å². The van der Waals surface area contributed by atoms with Crippen LogP contribution in [0.15, 0.2) is 55.6 Å². The van der Waals surface area contributed by atoms with Gasteiger partial charge in [0, 0.05) is 25.7 Å². The van der Waals surface area contributed by atoms with Gasteiger partial charge in [-0.05, 0) is 50.0 Å². The predicted octanol–water partition coefficient (Wildman–Crippen LogP) is 5.11. The summed E-state index contributed by atoms with van der Waals surface area (Å²) < 4.78 is 7.09. The van der Waals surface area contributed by atoms with Gasteiger partial charge in [-0.25, -0.2) is 0 Å². The first-order valence-corrected chi connectivity index (χ1v) is 17.2. The van der Waals surface area contributed by atoms with Gasteiger partial charge < -0.3 is 24.5 Å². The number of hydrogen-bond donors (Lipinski definition) is 1. The molecule has 6 atom stereocenters. The Hall–Kier alpha value is -2.97. The number of aliphatic hydroxyl groups is 1. The van der Waals surface area contributed by atoms with Crippen LogP contribution in [-0.4, -0.2) is 86.6 Å². The molecule has 1 N–H and O–H groups in total. The number of likely N-dealkylation sites (tertiary alicyclic amines) is 1. The van der Waals surface area contributed by atoms with Gasteiger partial charge in [0.25, 0.3) is 0 Å². The van der Waals surface area contributed by atoms with Crippen LogP contribution in [0.2, 0.25) is 0 Å². The third kappa shape index (κ3) is 5.89. The van der Waals surface area contributed by atoms with Gasteiger partial charge in [-0.3, -0.25) is 14.4 Å². The summed E-state index contributed by atoms with van der Waals surface area (Å²) in [6, 6.07) is 8.46. The average Bonchev–Trinajstić information content (AvgIpc) is 3.66. The van der Waals surface area contributed by atoms with Crippen molar-refractivity contribution < 1.29 is 24.2 Å². The van der Waals surface area contributed by atoms with E-state index in [0.717, 1.165) is 37.7 Å². The van der Waals surface area contributed by atoms with Crippen molar-refractivity contribution in [2.75, 3.05) is 19.7 Å². The van der Waals surface area contributed by atoms with E-state index in [-0.39, 0.29) is 36.3 Å². The number of nitrogens with zero attached hydrogens (tertiary/aromatic N) is 3. The van der Waals surface area contributed by atoms with Crippen molar-refractivity contribution in [1.29, 1.82) is 0 Å². The van der Waals surface area contributed by atoms with Crippen LogP contribution in [0.25, 0.3) is 0 Å². The molecule has 3 amide bonds. The molecule has 3 heterocycles. The van der Waals surface area contributed by atoms with Crippen molar-refractivity contribution in [2.45, 2.75) is 114 Å². The van der Waals surface area contributed by atoms with E-state index in [9.17, 15) is 19.5 Å². The number of amides is 3. The summed E-state index contributed by atoms with van der Waals surface area (Å²) in [5, 5.41) is 10.7. The lowest BCUT2D eigenvalue weighted by Gasteiger charge is -2.42. The first-order chi connectivity index (χ1) is 21.7. The lowest BCUT2D eigenvalue weighted by Crippen LogP contribution is -2.60. The SMILES string of the molecule is C=CCN(Cc1ccccc1)C(=O)[C@H]1[C@H]2C(=O)N([C@@H](CO)CC(C)C)C(C(=O)N(CC=C)C3CCCCC3)C23CC[C@]1(CC)O3. The molecule has 3 saturated heterocycles. The number of fused-ring (bicyclic) bond motifs is 1. The molecule has 4 aliphatic rings. The fourth-order valence-corrected chi connectivity index (χ4v) is 9.02. The van der Waals surface area contributed by atoms with E-state index in [1.807, 2.05) is 42.2 Å². The van der Waals surface area contributed by atoms with E-state index in [2.05, 4.69) is 27.0 Å². The van der Waals surface area contributed by atoms with E-state index >= 15 is 0 Å². The van der Waals surface area contributed by atoms with Crippen LogP contribution in [-0.2, 0) is 25.7 Å². The molecular formula is C37H53N3O5. The van der Waals surface area contributed by atoms with Crippen molar-refractivity contribution in [3.05, 3.63) is 61.2 Å². The largest absolute Gasteiger partial charge is 0.394 e. The highest BCUT2D eigenvalue weighted by molar-refractivity contribution is 5.99. The Morgan fingerprint density at radius 2 is 1.76 bits per heavy atom. The van der Waals surface area contributed by atoms with E-state index < -0.39 is 35.1 Å². The second kappa shape index (κ2) is 13.8. The number of aliphatic hydroxyl groups excluding tert-OH is 1. The van der Waals surface area contributed by atoms with Crippen LogP contribution in [0.1, 0.15) is 84.1 Å². The molecule has 1 aliphatic carbocycles. The number of benzene rings is 1. The summed E-state index contributed by atoms with van der Waals surface area (Å²) in [7, 11) is 0. The van der Waals surface area contributed by atoms with Gasteiger partial charge >= 0.3 is 0 Å². The topological polar surface area (TPSA) is 90.4 Å². The number of carbonyl (C=O) groups is 3. The fourth-order valence-electron chi connectivity index (χ4n) is 9.02. The van der Waals surface area contributed by atoms with E-state index in [0.29, 0.717) is 45.3 Å². The molecule has 246 valence electrons. The third-order valence-electron chi connectivity index (χ3n) is 11.0. The molecule has 1 aromatic rings. The Morgan fingerprint density at radius 1 is 1.07 bits per heavy atom. The minimum absolute atomic E-state index is 0.0689. The third-order valence-corrected chi connectivity index (χ3v) is 11.0. The van der Waals surface area contributed by atoms with Gasteiger partial charge in [0.2, 0.25) is 17.7 Å². The molecule has 4 fully saturated rings. The monoisotopic (exact) mass is 619 g/mol. The molecule has 1 aromatic carbocycles. The zero-order valence-electron chi connectivity index (χ0n) is 27.5. The van der Waals surface area contributed by atoms with E-state index in [1.54, 1.807) is 22.0 Å². The summed E-state index contributed by atoms with van der Waals surface area (Å²) in [6.07, 6.45) is 10.9. The second-order valence-electron chi connectivity index (χ2n) is 14.1. The summed E-state index contributed by atoms with van der Waals surface area (Å²) in [5.74, 6) is -1.83. The standard InChI is InChI=1S/C37H53N3O5/c1-6-21-38(24-27-15-11-9-12-16-27)33(42)30-31-34(43)40(29(25-41)23-26(4)5)32(37(31)20-19-36(30,8-3)45-37)35(44)39(22-7-2)28-17-13-10-14-18-28/h6-7,9,11-12,15-16,26,28-32,41H,1-2,8,10,13-14,17-25H2,3-5H3/t29-,30-,31+,32?,36+,37?/m1/s1. The van der Waals surface area contributed by atoms with Crippen LogP contribution >= 0.6 is 0 Å².